The number of ether oxygens (including phenoxy) is 1. The zero-order chi connectivity index (χ0) is 19.6. The predicted molar refractivity (Wildman–Crippen MR) is 99.8 cm³/mol. The lowest BCUT2D eigenvalue weighted by Crippen LogP contribution is -2.50. The molecule has 3 rings (SSSR count). The van der Waals surface area contributed by atoms with Crippen molar-refractivity contribution in [2.45, 2.75) is 57.8 Å². The second kappa shape index (κ2) is 7.58. The van der Waals surface area contributed by atoms with Crippen molar-refractivity contribution in [3.8, 4) is 0 Å². The van der Waals surface area contributed by atoms with Gasteiger partial charge in [-0.1, -0.05) is 30.3 Å². The maximum atomic E-state index is 13.0. The molecule has 2 fully saturated rings. The van der Waals surface area contributed by atoms with E-state index in [1.165, 1.54) is 4.90 Å². The number of fused-ring (bicyclic) bond motifs is 1. The van der Waals surface area contributed by atoms with E-state index in [-0.39, 0.29) is 12.5 Å². The molecule has 0 saturated carbocycles. The van der Waals surface area contributed by atoms with Gasteiger partial charge in [-0.15, -0.1) is 0 Å². The molecule has 2 aliphatic heterocycles. The van der Waals surface area contributed by atoms with Crippen LogP contribution in [0.3, 0.4) is 0 Å². The molecule has 0 spiro atoms. The lowest BCUT2D eigenvalue weighted by Gasteiger charge is -2.32. The molecule has 146 valence electrons. The lowest BCUT2D eigenvalue weighted by atomic mass is 10.1. The molecule has 0 aromatic heterocycles. The Labute approximate surface area is 159 Å². The molecule has 1 aromatic rings. The predicted octanol–water partition coefficient (Wildman–Crippen LogP) is 1.91. The molecular formula is C20H27N3O4. The maximum absolute atomic E-state index is 13.0. The van der Waals surface area contributed by atoms with Gasteiger partial charge in [0.05, 0.1) is 0 Å². The van der Waals surface area contributed by atoms with Gasteiger partial charge >= 0.3 is 12.0 Å². The number of carbonyl (C=O) groups is 3. The minimum absolute atomic E-state index is 0.0959. The first-order valence-electron chi connectivity index (χ1n) is 9.38. The first-order valence-corrected chi connectivity index (χ1v) is 9.38. The van der Waals surface area contributed by atoms with Crippen molar-refractivity contribution >= 4 is 17.9 Å². The number of hydrogen-bond donors (Lipinski definition) is 1. The first-order chi connectivity index (χ1) is 12.7. The van der Waals surface area contributed by atoms with Crippen LogP contribution in [0.15, 0.2) is 30.3 Å². The first kappa shape index (κ1) is 19.2. The molecule has 2 aliphatic rings. The molecule has 3 amide bonds. The summed E-state index contributed by atoms with van der Waals surface area (Å²) in [5.74, 6) is -0.570. The van der Waals surface area contributed by atoms with Crippen LogP contribution in [0.4, 0.5) is 4.79 Å². The fourth-order valence-electron chi connectivity index (χ4n) is 3.64. The molecule has 2 heterocycles. The van der Waals surface area contributed by atoms with Gasteiger partial charge in [-0.25, -0.2) is 4.79 Å². The second-order valence-corrected chi connectivity index (χ2v) is 8.06. The average molecular weight is 373 g/mol. The number of nitrogens with zero attached hydrogens (tertiary/aromatic N) is 2. The Morgan fingerprint density at radius 3 is 2.59 bits per heavy atom. The minimum Gasteiger partial charge on any atom is -0.459 e. The number of esters is 1. The average Bonchev–Trinajstić information content (AvgIpc) is 3.04. The second-order valence-electron chi connectivity index (χ2n) is 8.06. The van der Waals surface area contributed by atoms with Crippen molar-refractivity contribution < 1.29 is 19.1 Å². The number of rotatable bonds is 4. The van der Waals surface area contributed by atoms with E-state index < -0.39 is 29.8 Å². The van der Waals surface area contributed by atoms with Crippen molar-refractivity contribution in [1.29, 1.82) is 0 Å². The van der Waals surface area contributed by atoms with Crippen molar-refractivity contribution in [2.75, 3.05) is 13.1 Å². The third-order valence-corrected chi connectivity index (χ3v) is 4.72. The Hall–Kier alpha value is -2.57. The quantitative estimate of drug-likeness (QED) is 0.818. The molecule has 0 unspecified atom stereocenters. The topological polar surface area (TPSA) is 79.0 Å². The van der Waals surface area contributed by atoms with Gasteiger partial charge < -0.3 is 15.0 Å². The molecule has 0 aliphatic carbocycles. The third-order valence-electron chi connectivity index (χ3n) is 4.72. The third kappa shape index (κ3) is 4.59. The van der Waals surface area contributed by atoms with Gasteiger partial charge in [0, 0.05) is 13.0 Å². The van der Waals surface area contributed by atoms with Crippen LogP contribution in [0.1, 0.15) is 39.2 Å². The summed E-state index contributed by atoms with van der Waals surface area (Å²) in [6.45, 7) is 5.78. The van der Waals surface area contributed by atoms with E-state index in [0.29, 0.717) is 19.4 Å². The van der Waals surface area contributed by atoms with Gasteiger partial charge in [-0.3, -0.25) is 14.5 Å². The number of amides is 3. The summed E-state index contributed by atoms with van der Waals surface area (Å²) in [5.41, 5.74) is 0.355. The van der Waals surface area contributed by atoms with Crippen LogP contribution in [0.5, 0.6) is 0 Å². The summed E-state index contributed by atoms with van der Waals surface area (Å²) in [7, 11) is 0. The van der Waals surface area contributed by atoms with Crippen molar-refractivity contribution in [1.82, 2.24) is 15.1 Å². The van der Waals surface area contributed by atoms with Crippen molar-refractivity contribution in [3.05, 3.63) is 35.9 Å². The summed E-state index contributed by atoms with van der Waals surface area (Å²) in [4.78, 5) is 41.3. The highest BCUT2D eigenvalue weighted by molar-refractivity contribution is 5.91. The Balaban J connectivity index is 1.78. The summed E-state index contributed by atoms with van der Waals surface area (Å²) >= 11 is 0. The van der Waals surface area contributed by atoms with E-state index in [2.05, 4.69) is 5.32 Å². The van der Waals surface area contributed by atoms with Gasteiger partial charge in [0.1, 0.15) is 24.4 Å². The van der Waals surface area contributed by atoms with E-state index in [1.54, 1.807) is 25.7 Å². The Bertz CT molecular complexity index is 714. The van der Waals surface area contributed by atoms with E-state index in [4.69, 9.17) is 4.74 Å². The van der Waals surface area contributed by atoms with Crippen LogP contribution in [0, 0.1) is 0 Å². The van der Waals surface area contributed by atoms with Crippen LogP contribution < -0.4 is 5.32 Å². The maximum Gasteiger partial charge on any atom is 0.326 e. The van der Waals surface area contributed by atoms with Gasteiger partial charge in [0.15, 0.2) is 0 Å². The molecular weight excluding hydrogens is 346 g/mol. The Kier molecular flexibility index (Phi) is 5.39. The SMILES string of the molecule is CC(C)(C)OC(=O)CN1C(=O)N[C@@H](Cc2ccccc2)C(=O)N2CCC[C@@H]12. The molecule has 1 aromatic carbocycles. The normalized spacial score (nSPS) is 22.9. The fourth-order valence-corrected chi connectivity index (χ4v) is 3.64. The number of carbonyl (C=O) groups excluding carboxylic acids is 3. The highest BCUT2D eigenvalue weighted by Crippen LogP contribution is 2.25. The van der Waals surface area contributed by atoms with Gasteiger partial charge in [0.2, 0.25) is 5.91 Å². The minimum atomic E-state index is -0.635. The van der Waals surface area contributed by atoms with Crippen LogP contribution in [-0.4, -0.2) is 58.6 Å². The lowest BCUT2D eigenvalue weighted by molar-refractivity contribution is -0.157. The smallest absolute Gasteiger partial charge is 0.326 e. The highest BCUT2D eigenvalue weighted by atomic mass is 16.6. The molecule has 7 nitrogen and oxygen atoms in total. The van der Waals surface area contributed by atoms with E-state index in [9.17, 15) is 14.4 Å². The van der Waals surface area contributed by atoms with Crippen LogP contribution in [0.25, 0.3) is 0 Å². The van der Waals surface area contributed by atoms with E-state index in [0.717, 1.165) is 12.0 Å². The van der Waals surface area contributed by atoms with Crippen molar-refractivity contribution in [2.24, 2.45) is 0 Å². The number of nitrogens with one attached hydrogen (secondary N) is 1. The number of hydrogen-bond acceptors (Lipinski definition) is 4. The standard InChI is InChI=1S/C20H27N3O4/c1-20(2,3)27-17(24)13-23-16-10-7-11-22(16)18(25)15(21-19(23)26)12-14-8-5-4-6-9-14/h4-6,8-9,15-16H,7,10-13H2,1-3H3,(H,21,26)/t15-,16+/m0/s1. The summed E-state index contributed by atoms with van der Waals surface area (Å²) in [6.07, 6.45) is 1.51. The molecule has 1 N–H and O–H groups in total. The highest BCUT2D eigenvalue weighted by Gasteiger charge is 2.43. The van der Waals surface area contributed by atoms with Crippen LogP contribution in [-0.2, 0) is 20.7 Å². The molecule has 2 saturated heterocycles. The van der Waals surface area contributed by atoms with Crippen LogP contribution >= 0.6 is 0 Å². The van der Waals surface area contributed by atoms with Crippen molar-refractivity contribution in [3.63, 3.8) is 0 Å². The van der Waals surface area contributed by atoms with E-state index in [1.807, 2.05) is 30.3 Å². The molecule has 0 radical (unpaired) electrons. The number of benzene rings is 1. The zero-order valence-electron chi connectivity index (χ0n) is 16.1. The Morgan fingerprint density at radius 1 is 1.22 bits per heavy atom. The van der Waals surface area contributed by atoms with Crippen LogP contribution in [0.2, 0.25) is 0 Å². The zero-order valence-corrected chi connectivity index (χ0v) is 16.1. The molecule has 7 heteroatoms. The molecule has 2 atom stereocenters. The summed E-state index contributed by atoms with van der Waals surface area (Å²) < 4.78 is 5.36. The van der Waals surface area contributed by atoms with Gasteiger partial charge in [-0.2, -0.15) is 0 Å². The Morgan fingerprint density at radius 2 is 1.93 bits per heavy atom. The van der Waals surface area contributed by atoms with E-state index >= 15 is 0 Å². The largest absolute Gasteiger partial charge is 0.459 e. The number of urea groups is 1. The fraction of sp³-hybridized carbons (Fsp3) is 0.550. The van der Waals surface area contributed by atoms with Gasteiger partial charge in [0.25, 0.3) is 0 Å². The molecule has 0 bridgehead atoms. The monoisotopic (exact) mass is 373 g/mol. The van der Waals surface area contributed by atoms with Gasteiger partial charge in [-0.05, 0) is 39.2 Å². The summed E-state index contributed by atoms with van der Waals surface area (Å²) in [6, 6.07) is 8.57. The summed E-state index contributed by atoms with van der Waals surface area (Å²) in [5, 5.41) is 2.81. The molecule has 27 heavy (non-hydrogen) atoms.